The van der Waals surface area contributed by atoms with Crippen LogP contribution < -0.4 is 10.1 Å². The highest BCUT2D eigenvalue weighted by Crippen LogP contribution is 2.29. The fourth-order valence-corrected chi connectivity index (χ4v) is 2.58. The maximum absolute atomic E-state index is 5.80. The van der Waals surface area contributed by atoms with Crippen molar-refractivity contribution in [1.29, 1.82) is 0 Å². The fraction of sp³-hybridized carbons (Fsp3) is 0.222. The van der Waals surface area contributed by atoms with Gasteiger partial charge in [0.25, 0.3) is 0 Å². The Labute approximate surface area is 124 Å². The number of rotatable bonds is 4. The third kappa shape index (κ3) is 2.59. The van der Waals surface area contributed by atoms with Crippen LogP contribution in [-0.2, 0) is 6.54 Å². The second kappa shape index (κ2) is 5.52. The van der Waals surface area contributed by atoms with Gasteiger partial charge in [0.15, 0.2) is 0 Å². The van der Waals surface area contributed by atoms with Crippen LogP contribution in [0.2, 0.25) is 0 Å². The second-order valence-electron chi connectivity index (χ2n) is 5.19. The van der Waals surface area contributed by atoms with Crippen molar-refractivity contribution in [3.05, 3.63) is 59.4 Å². The number of furan rings is 1. The van der Waals surface area contributed by atoms with E-state index in [4.69, 9.17) is 9.15 Å². The maximum atomic E-state index is 5.80. The predicted octanol–water partition coefficient (Wildman–Crippen LogP) is 4.67. The first kappa shape index (κ1) is 13.6. The summed E-state index contributed by atoms with van der Waals surface area (Å²) >= 11 is 0. The molecule has 0 spiro atoms. The van der Waals surface area contributed by atoms with Crippen molar-refractivity contribution in [3.8, 4) is 5.75 Å². The van der Waals surface area contributed by atoms with Crippen LogP contribution in [0.4, 0.5) is 5.69 Å². The molecule has 0 aliphatic rings. The van der Waals surface area contributed by atoms with E-state index in [1.165, 1.54) is 11.1 Å². The zero-order chi connectivity index (χ0) is 14.8. The van der Waals surface area contributed by atoms with Crippen molar-refractivity contribution < 1.29 is 9.15 Å². The number of methoxy groups -OCH3 is 1. The van der Waals surface area contributed by atoms with Crippen LogP contribution in [0.3, 0.4) is 0 Å². The molecule has 3 nitrogen and oxygen atoms in total. The van der Waals surface area contributed by atoms with Gasteiger partial charge in [-0.15, -0.1) is 0 Å². The Kier molecular flexibility index (Phi) is 3.57. The highest BCUT2D eigenvalue weighted by Gasteiger charge is 2.11. The Balaban J connectivity index is 1.90. The summed E-state index contributed by atoms with van der Waals surface area (Å²) in [4.78, 5) is 0. The summed E-state index contributed by atoms with van der Waals surface area (Å²) in [6.07, 6.45) is 0. The molecule has 0 radical (unpaired) electrons. The summed E-state index contributed by atoms with van der Waals surface area (Å²) < 4.78 is 11.2. The van der Waals surface area contributed by atoms with Gasteiger partial charge in [0.1, 0.15) is 17.1 Å². The van der Waals surface area contributed by atoms with Gasteiger partial charge in [-0.1, -0.05) is 24.3 Å². The standard InChI is InChI=1S/C18H19NO2/c1-12-8-9-18(20-3)16(10-12)19-11-15-13(2)21-17-7-5-4-6-14(15)17/h4-10,19H,11H2,1-3H3. The third-order valence-corrected chi connectivity index (χ3v) is 3.71. The van der Waals surface area contributed by atoms with E-state index in [1.54, 1.807) is 7.11 Å². The van der Waals surface area contributed by atoms with E-state index in [-0.39, 0.29) is 0 Å². The highest BCUT2D eigenvalue weighted by molar-refractivity contribution is 5.82. The number of para-hydroxylation sites is 1. The molecule has 1 aromatic heterocycles. The van der Waals surface area contributed by atoms with Gasteiger partial charge in [-0.25, -0.2) is 0 Å². The van der Waals surface area contributed by atoms with Crippen LogP contribution in [0.25, 0.3) is 11.0 Å². The number of ether oxygens (including phenoxy) is 1. The van der Waals surface area contributed by atoms with Crippen LogP contribution >= 0.6 is 0 Å². The molecule has 0 unspecified atom stereocenters. The molecule has 0 fully saturated rings. The molecule has 1 heterocycles. The van der Waals surface area contributed by atoms with Crippen molar-refractivity contribution >= 4 is 16.7 Å². The molecule has 0 saturated carbocycles. The van der Waals surface area contributed by atoms with Crippen molar-refractivity contribution in [3.63, 3.8) is 0 Å². The first-order valence-electron chi connectivity index (χ1n) is 7.04. The first-order valence-corrected chi connectivity index (χ1v) is 7.04. The summed E-state index contributed by atoms with van der Waals surface area (Å²) in [7, 11) is 1.69. The van der Waals surface area contributed by atoms with E-state index in [9.17, 15) is 0 Å². The number of benzene rings is 2. The summed E-state index contributed by atoms with van der Waals surface area (Å²) in [6.45, 7) is 4.79. The molecule has 0 atom stereocenters. The van der Waals surface area contributed by atoms with Gasteiger partial charge in [0.05, 0.1) is 12.8 Å². The molecular weight excluding hydrogens is 262 g/mol. The summed E-state index contributed by atoms with van der Waals surface area (Å²) in [5, 5.41) is 4.62. The lowest BCUT2D eigenvalue weighted by molar-refractivity contribution is 0.416. The molecule has 21 heavy (non-hydrogen) atoms. The quantitative estimate of drug-likeness (QED) is 0.754. The number of nitrogens with one attached hydrogen (secondary N) is 1. The predicted molar refractivity (Wildman–Crippen MR) is 86.0 cm³/mol. The fourth-order valence-electron chi connectivity index (χ4n) is 2.58. The Bertz CT molecular complexity index is 774. The first-order chi connectivity index (χ1) is 10.2. The Morgan fingerprint density at radius 3 is 2.71 bits per heavy atom. The Morgan fingerprint density at radius 1 is 1.10 bits per heavy atom. The van der Waals surface area contributed by atoms with Gasteiger partial charge < -0.3 is 14.5 Å². The molecule has 3 rings (SSSR count). The molecular formula is C18H19NO2. The van der Waals surface area contributed by atoms with E-state index in [2.05, 4.69) is 24.4 Å². The molecule has 0 amide bonds. The lowest BCUT2D eigenvalue weighted by Crippen LogP contribution is -2.02. The topological polar surface area (TPSA) is 34.4 Å². The number of fused-ring (bicyclic) bond motifs is 1. The van der Waals surface area contributed by atoms with Gasteiger partial charge in [-0.2, -0.15) is 0 Å². The van der Waals surface area contributed by atoms with E-state index < -0.39 is 0 Å². The van der Waals surface area contributed by atoms with Crippen LogP contribution in [0.5, 0.6) is 5.75 Å². The van der Waals surface area contributed by atoms with Crippen molar-refractivity contribution in [2.24, 2.45) is 0 Å². The minimum Gasteiger partial charge on any atom is -0.495 e. The molecule has 3 aromatic rings. The highest BCUT2D eigenvalue weighted by atomic mass is 16.5. The Morgan fingerprint density at radius 2 is 1.90 bits per heavy atom. The molecule has 1 N–H and O–H groups in total. The average Bonchev–Trinajstić information content (AvgIpc) is 2.81. The summed E-state index contributed by atoms with van der Waals surface area (Å²) in [5.74, 6) is 1.81. The lowest BCUT2D eigenvalue weighted by Gasteiger charge is -2.12. The van der Waals surface area contributed by atoms with Crippen LogP contribution in [0.1, 0.15) is 16.9 Å². The third-order valence-electron chi connectivity index (χ3n) is 3.71. The van der Waals surface area contributed by atoms with Crippen molar-refractivity contribution in [2.45, 2.75) is 20.4 Å². The zero-order valence-corrected chi connectivity index (χ0v) is 12.6. The molecule has 3 heteroatoms. The van der Waals surface area contributed by atoms with Crippen molar-refractivity contribution in [2.75, 3.05) is 12.4 Å². The molecule has 108 valence electrons. The van der Waals surface area contributed by atoms with Gasteiger partial charge >= 0.3 is 0 Å². The number of anilines is 1. The van der Waals surface area contributed by atoms with E-state index in [0.29, 0.717) is 6.54 Å². The van der Waals surface area contributed by atoms with E-state index >= 15 is 0 Å². The number of hydrogen-bond donors (Lipinski definition) is 1. The van der Waals surface area contributed by atoms with Crippen LogP contribution in [-0.4, -0.2) is 7.11 Å². The SMILES string of the molecule is COc1ccc(C)cc1NCc1c(C)oc2ccccc12. The van der Waals surface area contributed by atoms with Crippen LogP contribution in [0, 0.1) is 13.8 Å². The van der Waals surface area contributed by atoms with Crippen LogP contribution in [0.15, 0.2) is 46.9 Å². The minimum absolute atomic E-state index is 0.711. The van der Waals surface area contributed by atoms with Gasteiger partial charge in [0.2, 0.25) is 0 Å². The van der Waals surface area contributed by atoms with E-state index in [1.807, 2.05) is 37.3 Å². The normalized spacial score (nSPS) is 10.8. The molecule has 0 bridgehead atoms. The summed E-state index contributed by atoms with van der Waals surface area (Å²) in [6, 6.07) is 14.2. The van der Waals surface area contributed by atoms with Gasteiger partial charge in [0, 0.05) is 17.5 Å². The zero-order valence-electron chi connectivity index (χ0n) is 12.6. The average molecular weight is 281 g/mol. The van der Waals surface area contributed by atoms with E-state index in [0.717, 1.165) is 28.2 Å². The Hall–Kier alpha value is -2.42. The molecule has 2 aromatic carbocycles. The number of hydrogen-bond acceptors (Lipinski definition) is 3. The number of aryl methyl sites for hydroxylation is 2. The second-order valence-corrected chi connectivity index (χ2v) is 5.19. The van der Waals surface area contributed by atoms with Crippen molar-refractivity contribution in [1.82, 2.24) is 0 Å². The smallest absolute Gasteiger partial charge is 0.141 e. The maximum Gasteiger partial charge on any atom is 0.141 e. The van der Waals surface area contributed by atoms with Gasteiger partial charge in [-0.05, 0) is 37.6 Å². The minimum atomic E-state index is 0.711. The molecule has 0 aliphatic carbocycles. The monoisotopic (exact) mass is 281 g/mol. The molecule has 0 saturated heterocycles. The largest absolute Gasteiger partial charge is 0.495 e. The van der Waals surface area contributed by atoms with Gasteiger partial charge in [-0.3, -0.25) is 0 Å². The molecule has 0 aliphatic heterocycles. The summed E-state index contributed by atoms with van der Waals surface area (Å²) in [5.41, 5.74) is 4.33. The lowest BCUT2D eigenvalue weighted by atomic mass is 10.1.